The van der Waals surface area contributed by atoms with Crippen molar-refractivity contribution < 1.29 is 24.2 Å². The third-order valence-corrected chi connectivity index (χ3v) is 4.91. The number of hydrogen-bond acceptors (Lipinski definition) is 7. The molecular weight excluding hydrogens is 388 g/mol. The minimum absolute atomic E-state index is 0.207. The Bertz CT molecular complexity index is 927. The van der Waals surface area contributed by atoms with Gasteiger partial charge in [-0.25, -0.2) is 9.78 Å². The van der Waals surface area contributed by atoms with E-state index in [-0.39, 0.29) is 18.2 Å². The highest BCUT2D eigenvalue weighted by Crippen LogP contribution is 2.28. The quantitative estimate of drug-likeness (QED) is 0.700. The van der Waals surface area contributed by atoms with Gasteiger partial charge in [0.2, 0.25) is 11.8 Å². The van der Waals surface area contributed by atoms with Gasteiger partial charge in [-0.1, -0.05) is 0 Å². The molecule has 162 valence electrons. The second-order valence-corrected chi connectivity index (χ2v) is 8.40. The number of aromatic nitrogens is 2. The molecule has 2 aromatic heterocycles. The normalized spacial score (nSPS) is 21.7. The number of carbonyl (C=O) groups excluding carboxylic acids is 2. The average molecular weight is 416 g/mol. The standard InChI is InChI=1S/C21H28N4O5/c1-21(2,3)30-20(28)24-13-6-5-12(11-16(13)26)19(27)23-15-9-10-22-14-7-8-17(29-4)25-18(14)15/h7-10,12-13,16,26H,5-6,11H2,1-4H3,(H,24,28)(H,22,23,27)/t12-,13-,16-/m0/s1. The summed E-state index contributed by atoms with van der Waals surface area (Å²) >= 11 is 0. The molecule has 0 aromatic carbocycles. The van der Waals surface area contributed by atoms with Gasteiger partial charge >= 0.3 is 6.09 Å². The molecule has 3 N–H and O–H groups in total. The summed E-state index contributed by atoms with van der Waals surface area (Å²) in [5, 5.41) is 16.0. The highest BCUT2D eigenvalue weighted by atomic mass is 16.6. The van der Waals surface area contributed by atoms with E-state index < -0.39 is 23.8 Å². The molecule has 2 amide bonds. The summed E-state index contributed by atoms with van der Waals surface area (Å²) in [6.45, 7) is 5.33. The van der Waals surface area contributed by atoms with Crippen molar-refractivity contribution in [2.45, 2.75) is 57.8 Å². The van der Waals surface area contributed by atoms with Gasteiger partial charge in [0.05, 0.1) is 30.5 Å². The van der Waals surface area contributed by atoms with Crippen molar-refractivity contribution in [3.8, 4) is 5.88 Å². The molecule has 9 nitrogen and oxygen atoms in total. The van der Waals surface area contributed by atoms with Gasteiger partial charge in [0.25, 0.3) is 0 Å². The van der Waals surface area contributed by atoms with Crippen LogP contribution in [0.3, 0.4) is 0 Å². The lowest BCUT2D eigenvalue weighted by Crippen LogP contribution is -2.49. The number of alkyl carbamates (subject to hydrolysis) is 1. The van der Waals surface area contributed by atoms with Crippen molar-refractivity contribution >= 4 is 28.7 Å². The zero-order valence-electron chi connectivity index (χ0n) is 17.6. The molecular formula is C21H28N4O5. The number of pyridine rings is 2. The van der Waals surface area contributed by atoms with Crippen LogP contribution in [0.2, 0.25) is 0 Å². The fourth-order valence-corrected chi connectivity index (χ4v) is 3.47. The van der Waals surface area contributed by atoms with E-state index >= 15 is 0 Å². The van der Waals surface area contributed by atoms with Crippen LogP contribution >= 0.6 is 0 Å². The van der Waals surface area contributed by atoms with Crippen LogP contribution in [-0.2, 0) is 9.53 Å². The number of aliphatic hydroxyl groups is 1. The maximum absolute atomic E-state index is 12.8. The number of hydrogen-bond donors (Lipinski definition) is 3. The van der Waals surface area contributed by atoms with Crippen molar-refractivity contribution in [1.82, 2.24) is 15.3 Å². The number of carbonyl (C=O) groups is 2. The van der Waals surface area contributed by atoms with Gasteiger partial charge in [-0.15, -0.1) is 0 Å². The number of ether oxygens (including phenoxy) is 2. The Balaban J connectivity index is 1.63. The molecule has 1 saturated carbocycles. The van der Waals surface area contributed by atoms with Crippen LogP contribution in [0.1, 0.15) is 40.0 Å². The first-order valence-electron chi connectivity index (χ1n) is 9.94. The number of anilines is 1. The molecule has 2 aromatic rings. The molecule has 0 spiro atoms. The molecule has 9 heteroatoms. The van der Waals surface area contributed by atoms with Crippen LogP contribution in [-0.4, -0.2) is 51.9 Å². The third-order valence-electron chi connectivity index (χ3n) is 4.91. The Hall–Kier alpha value is -2.94. The molecule has 30 heavy (non-hydrogen) atoms. The van der Waals surface area contributed by atoms with Crippen molar-refractivity contribution in [3.05, 3.63) is 24.4 Å². The van der Waals surface area contributed by atoms with E-state index in [0.29, 0.717) is 35.4 Å². The van der Waals surface area contributed by atoms with Gasteiger partial charge in [0.15, 0.2) is 0 Å². The van der Waals surface area contributed by atoms with E-state index in [1.165, 1.54) is 7.11 Å². The van der Waals surface area contributed by atoms with Crippen LogP contribution in [0, 0.1) is 5.92 Å². The smallest absolute Gasteiger partial charge is 0.407 e. The Morgan fingerprint density at radius 1 is 1.20 bits per heavy atom. The fraction of sp³-hybridized carbons (Fsp3) is 0.524. The van der Waals surface area contributed by atoms with Gasteiger partial charge in [0.1, 0.15) is 11.1 Å². The van der Waals surface area contributed by atoms with E-state index in [0.717, 1.165) is 0 Å². The minimum atomic E-state index is -0.838. The summed E-state index contributed by atoms with van der Waals surface area (Å²) in [6.07, 6.45) is 1.44. The van der Waals surface area contributed by atoms with Crippen molar-refractivity contribution in [3.63, 3.8) is 0 Å². The molecule has 3 atom stereocenters. The van der Waals surface area contributed by atoms with Gasteiger partial charge in [-0.05, 0) is 52.2 Å². The van der Waals surface area contributed by atoms with E-state index in [1.54, 1.807) is 45.2 Å². The summed E-state index contributed by atoms with van der Waals surface area (Å²) in [5.74, 6) is -0.164. The first-order chi connectivity index (χ1) is 14.2. The first kappa shape index (κ1) is 21.8. The van der Waals surface area contributed by atoms with Gasteiger partial charge in [-0.3, -0.25) is 9.78 Å². The van der Waals surface area contributed by atoms with Crippen LogP contribution in [0.4, 0.5) is 10.5 Å². The average Bonchev–Trinajstić information content (AvgIpc) is 2.68. The lowest BCUT2D eigenvalue weighted by atomic mass is 9.83. The highest BCUT2D eigenvalue weighted by molar-refractivity contribution is 6.00. The third kappa shape index (κ3) is 5.35. The number of nitrogens with one attached hydrogen (secondary N) is 2. The minimum Gasteiger partial charge on any atom is -0.481 e. The number of nitrogens with zero attached hydrogens (tertiary/aromatic N) is 2. The summed E-state index contributed by atoms with van der Waals surface area (Å²) in [7, 11) is 1.52. The Morgan fingerprint density at radius 3 is 2.63 bits per heavy atom. The van der Waals surface area contributed by atoms with E-state index in [4.69, 9.17) is 9.47 Å². The lowest BCUT2D eigenvalue weighted by Gasteiger charge is -2.33. The summed E-state index contributed by atoms with van der Waals surface area (Å²) < 4.78 is 10.4. The van der Waals surface area contributed by atoms with Crippen LogP contribution in [0.5, 0.6) is 5.88 Å². The number of fused-ring (bicyclic) bond motifs is 1. The number of methoxy groups -OCH3 is 1. The summed E-state index contributed by atoms with van der Waals surface area (Å²) in [6, 6.07) is 4.71. The molecule has 1 aliphatic carbocycles. The van der Waals surface area contributed by atoms with Gasteiger partial charge in [-0.2, -0.15) is 0 Å². The Kier molecular flexibility index (Phi) is 6.40. The van der Waals surface area contributed by atoms with Gasteiger partial charge in [0, 0.05) is 18.2 Å². The molecule has 3 rings (SSSR count). The maximum Gasteiger partial charge on any atom is 0.407 e. The molecule has 2 heterocycles. The zero-order valence-corrected chi connectivity index (χ0v) is 17.6. The Labute approximate surface area is 175 Å². The number of amides is 2. The fourth-order valence-electron chi connectivity index (χ4n) is 3.47. The molecule has 1 aliphatic rings. The second-order valence-electron chi connectivity index (χ2n) is 8.40. The SMILES string of the molecule is COc1ccc2nccc(NC(=O)[C@H]3CC[C@H](NC(=O)OC(C)(C)C)[C@@H](O)C3)c2n1. The van der Waals surface area contributed by atoms with E-state index in [9.17, 15) is 14.7 Å². The molecule has 0 aliphatic heterocycles. The van der Waals surface area contributed by atoms with Crippen molar-refractivity contribution in [2.24, 2.45) is 5.92 Å². The lowest BCUT2D eigenvalue weighted by molar-refractivity contribution is -0.122. The Morgan fingerprint density at radius 2 is 1.97 bits per heavy atom. The predicted octanol–water partition coefficient (Wildman–Crippen LogP) is 2.63. The number of rotatable bonds is 4. The molecule has 1 fully saturated rings. The zero-order chi connectivity index (χ0) is 21.9. The molecule has 0 unspecified atom stereocenters. The maximum atomic E-state index is 12.8. The highest BCUT2D eigenvalue weighted by Gasteiger charge is 2.34. The topological polar surface area (TPSA) is 123 Å². The van der Waals surface area contributed by atoms with E-state index in [1.807, 2.05) is 0 Å². The summed E-state index contributed by atoms with van der Waals surface area (Å²) in [5.41, 5.74) is 1.09. The van der Waals surface area contributed by atoms with Crippen molar-refractivity contribution in [2.75, 3.05) is 12.4 Å². The largest absolute Gasteiger partial charge is 0.481 e. The second kappa shape index (κ2) is 8.83. The van der Waals surface area contributed by atoms with Gasteiger partial charge < -0.3 is 25.2 Å². The van der Waals surface area contributed by atoms with Crippen molar-refractivity contribution in [1.29, 1.82) is 0 Å². The van der Waals surface area contributed by atoms with Crippen LogP contribution in [0.15, 0.2) is 24.4 Å². The monoisotopic (exact) mass is 416 g/mol. The van der Waals surface area contributed by atoms with Crippen LogP contribution in [0.25, 0.3) is 11.0 Å². The predicted molar refractivity (Wildman–Crippen MR) is 111 cm³/mol. The number of aliphatic hydroxyl groups excluding tert-OH is 1. The first-order valence-corrected chi connectivity index (χ1v) is 9.94. The molecule has 0 saturated heterocycles. The molecule has 0 radical (unpaired) electrons. The summed E-state index contributed by atoms with van der Waals surface area (Å²) in [4.78, 5) is 33.4. The van der Waals surface area contributed by atoms with E-state index in [2.05, 4.69) is 20.6 Å². The van der Waals surface area contributed by atoms with Crippen LogP contribution < -0.4 is 15.4 Å². The molecule has 0 bridgehead atoms.